The lowest BCUT2D eigenvalue weighted by molar-refractivity contribution is -0.124. The third-order valence-electron chi connectivity index (χ3n) is 1.81. The molecule has 0 aliphatic heterocycles. The van der Waals surface area contributed by atoms with Gasteiger partial charge in [-0.2, -0.15) is 0 Å². The van der Waals surface area contributed by atoms with Gasteiger partial charge in [0.1, 0.15) is 6.29 Å². The number of para-hydroxylation sites is 2. The van der Waals surface area contributed by atoms with Crippen LogP contribution in [0.4, 0.5) is 0 Å². The first-order chi connectivity index (χ1) is 7.77. The summed E-state index contributed by atoms with van der Waals surface area (Å²) in [6, 6.07) is 7.02. The molecule has 16 heavy (non-hydrogen) atoms. The number of ether oxygens (including phenoxy) is 2. The highest BCUT2D eigenvalue weighted by Gasteiger charge is 2.05. The van der Waals surface area contributed by atoms with Crippen molar-refractivity contribution in [2.75, 3.05) is 20.3 Å². The molecule has 5 nitrogen and oxygen atoms in total. The number of benzene rings is 1. The second-order valence-corrected chi connectivity index (χ2v) is 2.91. The van der Waals surface area contributed by atoms with E-state index in [1.807, 2.05) is 0 Å². The van der Waals surface area contributed by atoms with Crippen LogP contribution in [0.3, 0.4) is 0 Å². The fraction of sp³-hybridized carbons (Fsp3) is 0.273. The van der Waals surface area contributed by atoms with Gasteiger partial charge in [-0.1, -0.05) is 12.1 Å². The van der Waals surface area contributed by atoms with Crippen LogP contribution < -0.4 is 14.8 Å². The van der Waals surface area contributed by atoms with Crippen molar-refractivity contribution in [2.45, 2.75) is 0 Å². The van der Waals surface area contributed by atoms with E-state index in [-0.39, 0.29) is 19.1 Å². The molecule has 0 spiro atoms. The Bertz CT molecular complexity index is 365. The summed E-state index contributed by atoms with van der Waals surface area (Å²) < 4.78 is 10.3. The van der Waals surface area contributed by atoms with Gasteiger partial charge in [-0.25, -0.2) is 0 Å². The van der Waals surface area contributed by atoms with E-state index in [4.69, 9.17) is 9.47 Å². The first-order valence-electron chi connectivity index (χ1n) is 4.74. The van der Waals surface area contributed by atoms with E-state index in [1.54, 1.807) is 24.3 Å². The molecule has 1 amide bonds. The Labute approximate surface area is 93.4 Å². The first kappa shape index (κ1) is 12.0. The number of methoxy groups -OCH3 is 1. The average molecular weight is 223 g/mol. The van der Waals surface area contributed by atoms with Gasteiger partial charge in [0.15, 0.2) is 18.1 Å². The lowest BCUT2D eigenvalue weighted by Gasteiger charge is -2.09. The predicted molar refractivity (Wildman–Crippen MR) is 57.6 cm³/mol. The van der Waals surface area contributed by atoms with Crippen LogP contribution in [0.15, 0.2) is 24.3 Å². The summed E-state index contributed by atoms with van der Waals surface area (Å²) in [5.41, 5.74) is 0. The molecule has 0 aliphatic carbocycles. The molecule has 0 aromatic heterocycles. The molecule has 0 saturated heterocycles. The number of carbonyl (C=O) groups is 2. The maximum atomic E-state index is 11.1. The van der Waals surface area contributed by atoms with Crippen molar-refractivity contribution in [1.29, 1.82) is 0 Å². The van der Waals surface area contributed by atoms with Gasteiger partial charge in [0.25, 0.3) is 5.91 Å². The van der Waals surface area contributed by atoms with Crippen molar-refractivity contribution in [3.05, 3.63) is 24.3 Å². The van der Waals surface area contributed by atoms with Crippen LogP contribution in [0, 0.1) is 0 Å². The van der Waals surface area contributed by atoms with E-state index in [1.165, 1.54) is 7.11 Å². The third-order valence-corrected chi connectivity index (χ3v) is 1.81. The van der Waals surface area contributed by atoms with E-state index in [0.29, 0.717) is 17.8 Å². The Balaban J connectivity index is 2.47. The number of rotatable bonds is 6. The van der Waals surface area contributed by atoms with Crippen molar-refractivity contribution in [3.63, 3.8) is 0 Å². The zero-order valence-corrected chi connectivity index (χ0v) is 8.93. The molecule has 86 valence electrons. The number of aldehydes is 1. The van der Waals surface area contributed by atoms with Crippen LogP contribution >= 0.6 is 0 Å². The quantitative estimate of drug-likeness (QED) is 0.708. The van der Waals surface area contributed by atoms with Crippen LogP contribution in [-0.2, 0) is 9.59 Å². The second-order valence-electron chi connectivity index (χ2n) is 2.91. The van der Waals surface area contributed by atoms with Crippen molar-refractivity contribution in [3.8, 4) is 11.5 Å². The first-order valence-corrected chi connectivity index (χ1v) is 4.74. The minimum Gasteiger partial charge on any atom is -0.493 e. The van der Waals surface area contributed by atoms with Gasteiger partial charge < -0.3 is 19.6 Å². The maximum absolute atomic E-state index is 11.1. The molecular formula is C11H13NO4. The van der Waals surface area contributed by atoms with Crippen LogP contribution in [0.1, 0.15) is 0 Å². The highest BCUT2D eigenvalue weighted by Crippen LogP contribution is 2.25. The SMILES string of the molecule is COc1ccccc1OCC(=O)NCC=O. The molecule has 1 aromatic carbocycles. The number of nitrogens with one attached hydrogen (secondary N) is 1. The molecule has 0 radical (unpaired) electrons. The Kier molecular flexibility index (Phi) is 4.85. The monoisotopic (exact) mass is 223 g/mol. The Morgan fingerprint density at radius 3 is 2.69 bits per heavy atom. The number of carbonyl (C=O) groups excluding carboxylic acids is 2. The van der Waals surface area contributed by atoms with Crippen molar-refractivity contribution in [1.82, 2.24) is 5.32 Å². The summed E-state index contributed by atoms with van der Waals surface area (Å²) in [6.45, 7) is -0.150. The van der Waals surface area contributed by atoms with Gasteiger partial charge in [0.05, 0.1) is 13.7 Å². The Hall–Kier alpha value is -2.04. The van der Waals surface area contributed by atoms with Crippen molar-refractivity contribution in [2.24, 2.45) is 0 Å². The van der Waals surface area contributed by atoms with Gasteiger partial charge in [-0.3, -0.25) is 4.79 Å². The fourth-order valence-electron chi connectivity index (χ4n) is 1.09. The number of hydrogen-bond donors (Lipinski definition) is 1. The summed E-state index contributed by atoms with van der Waals surface area (Å²) in [5, 5.41) is 2.37. The highest BCUT2D eigenvalue weighted by atomic mass is 16.5. The van der Waals surface area contributed by atoms with Crippen LogP contribution in [-0.4, -0.2) is 32.5 Å². The molecule has 5 heteroatoms. The molecule has 0 fully saturated rings. The summed E-state index contributed by atoms with van der Waals surface area (Å²) >= 11 is 0. The molecular weight excluding hydrogens is 210 g/mol. The topological polar surface area (TPSA) is 64.6 Å². The average Bonchev–Trinajstić information content (AvgIpc) is 2.34. The van der Waals surface area contributed by atoms with E-state index in [9.17, 15) is 9.59 Å². The zero-order chi connectivity index (χ0) is 11.8. The molecule has 1 N–H and O–H groups in total. The van der Waals surface area contributed by atoms with Gasteiger partial charge >= 0.3 is 0 Å². The van der Waals surface area contributed by atoms with E-state index in [2.05, 4.69) is 5.32 Å². The van der Waals surface area contributed by atoms with Crippen LogP contribution in [0.25, 0.3) is 0 Å². The summed E-state index contributed by atoms with van der Waals surface area (Å²) in [7, 11) is 1.52. The van der Waals surface area contributed by atoms with Crippen LogP contribution in [0.5, 0.6) is 11.5 Å². The summed E-state index contributed by atoms with van der Waals surface area (Å²) in [4.78, 5) is 21.1. The molecule has 0 heterocycles. The van der Waals surface area contributed by atoms with E-state index < -0.39 is 0 Å². The highest BCUT2D eigenvalue weighted by molar-refractivity contribution is 5.79. The molecule has 1 rings (SSSR count). The predicted octanol–water partition coefficient (Wildman–Crippen LogP) is 0.389. The van der Waals surface area contributed by atoms with Gasteiger partial charge in [-0.05, 0) is 12.1 Å². The van der Waals surface area contributed by atoms with Crippen LogP contribution in [0.2, 0.25) is 0 Å². The largest absolute Gasteiger partial charge is 0.493 e. The summed E-state index contributed by atoms with van der Waals surface area (Å²) in [5.74, 6) is 0.704. The lowest BCUT2D eigenvalue weighted by Crippen LogP contribution is -2.30. The zero-order valence-electron chi connectivity index (χ0n) is 8.93. The molecule has 0 bridgehead atoms. The van der Waals surface area contributed by atoms with E-state index >= 15 is 0 Å². The minimum atomic E-state index is -0.349. The van der Waals surface area contributed by atoms with Crippen molar-refractivity contribution >= 4 is 12.2 Å². The third kappa shape index (κ3) is 3.61. The number of amides is 1. The molecule has 0 unspecified atom stereocenters. The van der Waals surface area contributed by atoms with E-state index in [0.717, 1.165) is 0 Å². The number of hydrogen-bond acceptors (Lipinski definition) is 4. The Morgan fingerprint density at radius 1 is 1.38 bits per heavy atom. The Morgan fingerprint density at radius 2 is 2.06 bits per heavy atom. The normalized spacial score (nSPS) is 9.31. The summed E-state index contributed by atoms with van der Waals surface area (Å²) in [6.07, 6.45) is 0.612. The maximum Gasteiger partial charge on any atom is 0.258 e. The molecule has 0 saturated carbocycles. The standard InChI is InChI=1S/C11H13NO4/c1-15-9-4-2-3-5-10(9)16-8-11(14)12-6-7-13/h2-5,7H,6,8H2,1H3,(H,12,14). The lowest BCUT2D eigenvalue weighted by atomic mass is 10.3. The van der Waals surface area contributed by atoms with Gasteiger partial charge in [-0.15, -0.1) is 0 Å². The molecule has 0 aliphatic rings. The van der Waals surface area contributed by atoms with Gasteiger partial charge in [0, 0.05) is 0 Å². The molecule has 1 aromatic rings. The molecule has 0 atom stereocenters. The van der Waals surface area contributed by atoms with Crippen molar-refractivity contribution < 1.29 is 19.1 Å². The van der Waals surface area contributed by atoms with Gasteiger partial charge in [0.2, 0.25) is 0 Å². The fourth-order valence-corrected chi connectivity index (χ4v) is 1.09. The smallest absolute Gasteiger partial charge is 0.258 e. The second kappa shape index (κ2) is 6.44. The minimum absolute atomic E-state index is 0.00584.